The van der Waals surface area contributed by atoms with E-state index in [0.29, 0.717) is 11.4 Å². The molecule has 0 saturated heterocycles. The Morgan fingerprint density at radius 1 is 1.22 bits per heavy atom. The van der Waals surface area contributed by atoms with Crippen molar-refractivity contribution in [2.45, 2.75) is 6.42 Å². The third kappa shape index (κ3) is 4.59. The molecule has 0 spiro atoms. The van der Waals surface area contributed by atoms with Crippen molar-refractivity contribution in [3.05, 3.63) is 59.6 Å². The summed E-state index contributed by atoms with van der Waals surface area (Å²) in [5, 5.41) is 17.4. The largest absolute Gasteiger partial charge is 0.451 e. The molecule has 0 saturated carbocycles. The number of hydrogen-bond donors (Lipinski definition) is 1. The third-order valence-corrected chi connectivity index (χ3v) is 4.48. The quantitative estimate of drug-likeness (QED) is 0.502. The van der Waals surface area contributed by atoms with E-state index in [9.17, 15) is 9.59 Å². The van der Waals surface area contributed by atoms with Crippen molar-refractivity contribution in [2.75, 3.05) is 13.2 Å². The lowest BCUT2D eigenvalue weighted by Gasteiger charge is -2.08. The Hall–Kier alpha value is -3.44. The second kappa shape index (κ2) is 8.78. The van der Waals surface area contributed by atoms with Gasteiger partial charge in [-0.05, 0) is 23.6 Å². The zero-order valence-electron chi connectivity index (χ0n) is 14.3. The number of nitrogens with zero attached hydrogens (tertiary/aromatic N) is 3. The summed E-state index contributed by atoms with van der Waals surface area (Å²) in [7, 11) is 0. The molecule has 8 heteroatoms. The molecule has 27 heavy (non-hydrogen) atoms. The number of amides is 1. The van der Waals surface area contributed by atoms with Gasteiger partial charge in [-0.3, -0.25) is 4.79 Å². The van der Waals surface area contributed by atoms with Crippen LogP contribution in [-0.2, 0) is 9.53 Å². The van der Waals surface area contributed by atoms with Crippen LogP contribution in [0.3, 0.4) is 0 Å². The summed E-state index contributed by atoms with van der Waals surface area (Å²) >= 11 is 1.52. The number of nitrogens with one attached hydrogen (secondary N) is 1. The number of benzene rings is 1. The van der Waals surface area contributed by atoms with Gasteiger partial charge in [-0.15, -0.1) is 11.3 Å². The highest BCUT2D eigenvalue weighted by Crippen LogP contribution is 2.26. The third-order valence-electron chi connectivity index (χ3n) is 3.59. The van der Waals surface area contributed by atoms with Gasteiger partial charge in [0, 0.05) is 12.6 Å². The maximum atomic E-state index is 12.5. The van der Waals surface area contributed by atoms with Gasteiger partial charge in [0.05, 0.1) is 23.1 Å². The summed E-state index contributed by atoms with van der Waals surface area (Å²) in [5.41, 5.74) is 1.60. The highest BCUT2D eigenvalue weighted by atomic mass is 32.1. The van der Waals surface area contributed by atoms with Gasteiger partial charge in [0.25, 0.3) is 5.91 Å². The number of aromatic nitrogens is 2. The molecular formula is C19H16N4O3S. The van der Waals surface area contributed by atoms with Gasteiger partial charge in [-0.25, -0.2) is 9.48 Å². The predicted molar refractivity (Wildman–Crippen MR) is 100 cm³/mol. The molecule has 3 rings (SSSR count). The predicted octanol–water partition coefficient (Wildman–Crippen LogP) is 2.79. The Bertz CT molecular complexity index is 959. The first-order valence-electron chi connectivity index (χ1n) is 8.19. The Kier molecular flexibility index (Phi) is 5.97. The second-order valence-electron chi connectivity index (χ2n) is 5.47. The SMILES string of the molecule is N#CCCNC(=O)COC(=O)c1cc(-c2cccs2)nn1-c1ccccc1. The lowest BCUT2D eigenvalue weighted by atomic mass is 10.3. The van der Waals surface area contributed by atoms with Gasteiger partial charge < -0.3 is 10.1 Å². The molecule has 2 aromatic heterocycles. The van der Waals surface area contributed by atoms with Crippen molar-refractivity contribution in [3.63, 3.8) is 0 Å². The maximum absolute atomic E-state index is 12.5. The molecular weight excluding hydrogens is 364 g/mol. The molecule has 0 bridgehead atoms. The average molecular weight is 380 g/mol. The van der Waals surface area contributed by atoms with Gasteiger partial charge in [0.1, 0.15) is 5.69 Å². The fraction of sp³-hybridized carbons (Fsp3) is 0.158. The van der Waals surface area contributed by atoms with Gasteiger partial charge in [-0.1, -0.05) is 24.3 Å². The van der Waals surface area contributed by atoms with Crippen LogP contribution >= 0.6 is 11.3 Å². The van der Waals surface area contributed by atoms with Gasteiger partial charge >= 0.3 is 5.97 Å². The normalized spacial score (nSPS) is 10.2. The lowest BCUT2D eigenvalue weighted by molar-refractivity contribution is -0.124. The van der Waals surface area contributed by atoms with Crippen LogP contribution in [0.5, 0.6) is 0 Å². The Balaban J connectivity index is 1.80. The van der Waals surface area contributed by atoms with Crippen molar-refractivity contribution in [1.29, 1.82) is 5.26 Å². The minimum absolute atomic E-state index is 0.199. The van der Waals surface area contributed by atoms with E-state index in [0.717, 1.165) is 4.88 Å². The summed E-state index contributed by atoms with van der Waals surface area (Å²) in [6.45, 7) is -0.198. The summed E-state index contributed by atoms with van der Waals surface area (Å²) in [6, 6.07) is 16.6. The second-order valence-corrected chi connectivity index (χ2v) is 6.42. The van der Waals surface area contributed by atoms with Crippen molar-refractivity contribution in [1.82, 2.24) is 15.1 Å². The van der Waals surface area contributed by atoms with Crippen LogP contribution in [0.4, 0.5) is 0 Å². The fourth-order valence-electron chi connectivity index (χ4n) is 2.35. The number of rotatable bonds is 7. The van der Waals surface area contributed by atoms with Crippen LogP contribution in [0.1, 0.15) is 16.9 Å². The standard InChI is InChI=1S/C19H16N4O3S/c20-9-5-10-21-18(24)13-26-19(25)16-12-15(17-8-4-11-27-17)22-23(16)14-6-2-1-3-7-14/h1-4,6-8,11-12H,5,10,13H2,(H,21,24). The monoisotopic (exact) mass is 380 g/mol. The number of hydrogen-bond acceptors (Lipinski definition) is 6. The highest BCUT2D eigenvalue weighted by Gasteiger charge is 2.20. The van der Waals surface area contributed by atoms with Gasteiger partial charge in [-0.2, -0.15) is 10.4 Å². The molecule has 1 N–H and O–H groups in total. The van der Waals surface area contributed by atoms with Gasteiger partial charge in [0.15, 0.2) is 12.3 Å². The van der Waals surface area contributed by atoms with Crippen LogP contribution in [0.15, 0.2) is 53.9 Å². The summed E-state index contributed by atoms with van der Waals surface area (Å²) in [5.74, 6) is -1.10. The molecule has 2 heterocycles. The van der Waals surface area contributed by atoms with Crippen LogP contribution in [0.2, 0.25) is 0 Å². The first-order valence-corrected chi connectivity index (χ1v) is 9.07. The molecule has 0 atom stereocenters. The van der Waals surface area contributed by atoms with E-state index in [1.807, 2.05) is 53.9 Å². The van der Waals surface area contributed by atoms with Crippen LogP contribution in [0, 0.1) is 11.3 Å². The van der Waals surface area contributed by atoms with Crippen LogP contribution in [0.25, 0.3) is 16.3 Å². The van der Waals surface area contributed by atoms with Crippen LogP contribution < -0.4 is 5.32 Å². The maximum Gasteiger partial charge on any atom is 0.357 e. The number of carbonyl (C=O) groups excluding carboxylic acids is 2. The van der Waals surface area contributed by atoms with Crippen molar-refractivity contribution in [2.24, 2.45) is 0 Å². The average Bonchev–Trinajstić information content (AvgIpc) is 3.36. The number of nitriles is 1. The van der Waals surface area contributed by atoms with E-state index in [1.165, 1.54) is 16.0 Å². The first kappa shape index (κ1) is 18.4. The number of thiophene rings is 1. The zero-order chi connectivity index (χ0) is 19.1. The Labute approximate surface area is 159 Å². The fourth-order valence-corrected chi connectivity index (χ4v) is 3.03. The lowest BCUT2D eigenvalue weighted by Crippen LogP contribution is -2.29. The minimum atomic E-state index is -0.649. The number of ether oxygens (including phenoxy) is 1. The first-order chi connectivity index (χ1) is 13.2. The van der Waals surface area contributed by atoms with Crippen molar-refractivity contribution < 1.29 is 14.3 Å². The van der Waals surface area contributed by atoms with Crippen molar-refractivity contribution in [3.8, 4) is 22.3 Å². The molecule has 0 aliphatic heterocycles. The number of esters is 1. The smallest absolute Gasteiger partial charge is 0.357 e. The molecule has 0 fully saturated rings. The molecule has 0 unspecified atom stereocenters. The molecule has 1 amide bonds. The number of carbonyl (C=O) groups is 2. The summed E-state index contributed by atoms with van der Waals surface area (Å²) in [6.07, 6.45) is 0.199. The highest BCUT2D eigenvalue weighted by molar-refractivity contribution is 7.13. The molecule has 0 radical (unpaired) electrons. The Morgan fingerprint density at radius 2 is 2.04 bits per heavy atom. The van der Waals surface area contributed by atoms with E-state index in [-0.39, 0.29) is 18.7 Å². The molecule has 0 aliphatic rings. The number of para-hydroxylation sites is 1. The summed E-state index contributed by atoms with van der Waals surface area (Å²) in [4.78, 5) is 25.2. The topological polar surface area (TPSA) is 97.0 Å². The van der Waals surface area contributed by atoms with E-state index in [1.54, 1.807) is 6.07 Å². The van der Waals surface area contributed by atoms with Crippen molar-refractivity contribution >= 4 is 23.2 Å². The van der Waals surface area contributed by atoms with E-state index in [4.69, 9.17) is 10.00 Å². The molecule has 0 aliphatic carbocycles. The van der Waals surface area contributed by atoms with E-state index < -0.39 is 18.5 Å². The molecule has 136 valence electrons. The molecule has 3 aromatic rings. The van der Waals surface area contributed by atoms with E-state index in [2.05, 4.69) is 10.4 Å². The molecule has 1 aromatic carbocycles. The Morgan fingerprint density at radius 3 is 2.74 bits per heavy atom. The zero-order valence-corrected chi connectivity index (χ0v) is 15.1. The van der Waals surface area contributed by atoms with Gasteiger partial charge in [0.2, 0.25) is 0 Å². The summed E-state index contributed by atoms with van der Waals surface area (Å²) < 4.78 is 6.63. The molecule has 7 nitrogen and oxygen atoms in total. The van der Waals surface area contributed by atoms with Crippen LogP contribution in [-0.4, -0.2) is 34.8 Å². The van der Waals surface area contributed by atoms with E-state index >= 15 is 0 Å². The minimum Gasteiger partial charge on any atom is -0.451 e.